The normalized spacial score (nSPS) is 10.7. The summed E-state index contributed by atoms with van der Waals surface area (Å²) >= 11 is 0. The van der Waals surface area contributed by atoms with Gasteiger partial charge in [0.2, 0.25) is 0 Å². The molecule has 0 aliphatic heterocycles. The number of hydrogen-bond acceptors (Lipinski definition) is 6. The molecule has 1 aromatic heterocycles. The van der Waals surface area contributed by atoms with E-state index in [4.69, 9.17) is 9.15 Å². The van der Waals surface area contributed by atoms with Gasteiger partial charge in [0.05, 0.1) is 24.9 Å². The van der Waals surface area contributed by atoms with Gasteiger partial charge in [-0.25, -0.2) is 10.2 Å². The van der Waals surface area contributed by atoms with Gasteiger partial charge in [0, 0.05) is 11.3 Å². The Morgan fingerprint density at radius 1 is 1.07 bits per heavy atom. The van der Waals surface area contributed by atoms with E-state index in [9.17, 15) is 9.59 Å². The molecular formula is C22H21N3O4. The van der Waals surface area contributed by atoms with Crippen LogP contribution >= 0.6 is 0 Å². The zero-order valence-electron chi connectivity index (χ0n) is 15.9. The molecule has 0 fully saturated rings. The van der Waals surface area contributed by atoms with Crippen molar-refractivity contribution in [3.8, 4) is 11.3 Å². The van der Waals surface area contributed by atoms with Crippen molar-refractivity contribution < 1.29 is 18.7 Å². The maximum atomic E-state index is 11.9. The molecule has 1 heterocycles. The fourth-order valence-electron chi connectivity index (χ4n) is 2.54. The number of anilines is 1. The first-order valence-electron chi connectivity index (χ1n) is 9.14. The van der Waals surface area contributed by atoms with E-state index < -0.39 is 0 Å². The highest BCUT2D eigenvalue weighted by molar-refractivity contribution is 5.91. The largest absolute Gasteiger partial charge is 0.462 e. The van der Waals surface area contributed by atoms with Crippen molar-refractivity contribution in [2.24, 2.45) is 5.10 Å². The highest BCUT2D eigenvalue weighted by atomic mass is 16.5. The van der Waals surface area contributed by atoms with E-state index in [1.54, 1.807) is 37.3 Å². The number of hydrogen-bond donors (Lipinski definition) is 2. The lowest BCUT2D eigenvalue weighted by atomic mass is 10.1. The fraction of sp³-hybridized carbons (Fsp3) is 0.136. The van der Waals surface area contributed by atoms with Crippen molar-refractivity contribution in [1.82, 2.24) is 5.43 Å². The lowest BCUT2D eigenvalue weighted by Gasteiger charge is -2.04. The van der Waals surface area contributed by atoms with Crippen LogP contribution < -0.4 is 10.7 Å². The Balaban J connectivity index is 1.55. The molecule has 0 radical (unpaired) electrons. The van der Waals surface area contributed by atoms with Crippen LogP contribution in [-0.2, 0) is 9.53 Å². The van der Waals surface area contributed by atoms with Crippen LogP contribution in [0.2, 0.25) is 0 Å². The predicted molar refractivity (Wildman–Crippen MR) is 111 cm³/mol. The number of nitrogens with one attached hydrogen (secondary N) is 2. The lowest BCUT2D eigenvalue weighted by Crippen LogP contribution is -2.25. The van der Waals surface area contributed by atoms with E-state index in [1.807, 2.05) is 36.4 Å². The van der Waals surface area contributed by atoms with Crippen LogP contribution in [-0.4, -0.2) is 31.2 Å². The summed E-state index contributed by atoms with van der Waals surface area (Å²) in [7, 11) is 0. The number of rotatable bonds is 8. The molecule has 0 bridgehead atoms. The summed E-state index contributed by atoms with van der Waals surface area (Å²) in [6, 6.07) is 19.9. The SMILES string of the molecule is CCOC(=O)c1cccc(-c2ccc(/C=N\NC(=O)CNc3ccccc3)o2)c1. The lowest BCUT2D eigenvalue weighted by molar-refractivity contribution is -0.119. The summed E-state index contributed by atoms with van der Waals surface area (Å²) in [5.74, 6) is 0.390. The first-order valence-corrected chi connectivity index (χ1v) is 9.14. The van der Waals surface area contributed by atoms with Crippen LogP contribution in [0, 0.1) is 0 Å². The van der Waals surface area contributed by atoms with E-state index in [0.717, 1.165) is 11.3 Å². The Morgan fingerprint density at radius 2 is 1.90 bits per heavy atom. The number of hydrazone groups is 1. The van der Waals surface area contributed by atoms with E-state index in [2.05, 4.69) is 15.8 Å². The fourth-order valence-corrected chi connectivity index (χ4v) is 2.54. The summed E-state index contributed by atoms with van der Waals surface area (Å²) in [6.07, 6.45) is 1.42. The first-order chi connectivity index (χ1) is 14.2. The van der Waals surface area contributed by atoms with Gasteiger partial charge in [-0.3, -0.25) is 4.79 Å². The molecule has 1 amide bonds. The van der Waals surface area contributed by atoms with Gasteiger partial charge in [-0.1, -0.05) is 30.3 Å². The second-order valence-corrected chi connectivity index (χ2v) is 6.02. The number of carbonyl (C=O) groups excluding carboxylic acids is 2. The second-order valence-electron chi connectivity index (χ2n) is 6.02. The van der Waals surface area contributed by atoms with Crippen LogP contribution in [0.5, 0.6) is 0 Å². The van der Waals surface area contributed by atoms with Gasteiger partial charge in [-0.05, 0) is 43.3 Å². The molecule has 148 valence electrons. The Bertz CT molecular complexity index is 996. The average Bonchev–Trinajstić information content (AvgIpc) is 3.22. The zero-order chi connectivity index (χ0) is 20.5. The summed E-state index contributed by atoms with van der Waals surface area (Å²) in [4.78, 5) is 23.7. The second kappa shape index (κ2) is 9.89. The van der Waals surface area contributed by atoms with Gasteiger partial charge in [0.15, 0.2) is 0 Å². The van der Waals surface area contributed by atoms with Crippen LogP contribution in [0.25, 0.3) is 11.3 Å². The Morgan fingerprint density at radius 3 is 2.69 bits per heavy atom. The number of nitrogens with zero attached hydrogens (tertiary/aromatic N) is 1. The zero-order valence-corrected chi connectivity index (χ0v) is 15.9. The van der Waals surface area contributed by atoms with Crippen LogP contribution in [0.1, 0.15) is 23.0 Å². The monoisotopic (exact) mass is 391 g/mol. The topological polar surface area (TPSA) is 92.9 Å². The highest BCUT2D eigenvalue weighted by Crippen LogP contribution is 2.23. The average molecular weight is 391 g/mol. The number of furan rings is 1. The minimum atomic E-state index is -0.380. The van der Waals surface area contributed by atoms with Crippen LogP contribution in [0.4, 0.5) is 5.69 Å². The van der Waals surface area contributed by atoms with E-state index in [-0.39, 0.29) is 18.4 Å². The van der Waals surface area contributed by atoms with Gasteiger partial charge >= 0.3 is 5.97 Å². The third-order valence-corrected chi connectivity index (χ3v) is 3.89. The van der Waals surface area contributed by atoms with Gasteiger partial charge in [0.1, 0.15) is 11.5 Å². The van der Waals surface area contributed by atoms with Crippen LogP contribution in [0.3, 0.4) is 0 Å². The Labute approximate surface area is 168 Å². The minimum Gasteiger partial charge on any atom is -0.462 e. The number of ether oxygens (including phenoxy) is 1. The number of carbonyl (C=O) groups is 2. The molecule has 29 heavy (non-hydrogen) atoms. The number of para-hydroxylation sites is 1. The number of benzene rings is 2. The number of esters is 1. The van der Waals surface area contributed by atoms with Crippen molar-refractivity contribution in [2.45, 2.75) is 6.92 Å². The van der Waals surface area contributed by atoms with Gasteiger partial charge in [-0.15, -0.1) is 0 Å². The molecule has 7 nitrogen and oxygen atoms in total. The third kappa shape index (κ3) is 5.80. The molecular weight excluding hydrogens is 370 g/mol. The molecule has 7 heteroatoms. The molecule has 3 rings (SSSR count). The molecule has 0 aliphatic rings. The van der Waals surface area contributed by atoms with E-state index in [0.29, 0.717) is 23.7 Å². The van der Waals surface area contributed by atoms with Crippen molar-refractivity contribution >= 4 is 23.8 Å². The number of amides is 1. The first kappa shape index (κ1) is 19.9. The summed E-state index contributed by atoms with van der Waals surface area (Å²) in [5.41, 5.74) is 4.48. The van der Waals surface area contributed by atoms with Gasteiger partial charge in [0.25, 0.3) is 5.91 Å². The molecule has 2 N–H and O–H groups in total. The third-order valence-electron chi connectivity index (χ3n) is 3.89. The maximum Gasteiger partial charge on any atom is 0.338 e. The smallest absolute Gasteiger partial charge is 0.338 e. The molecule has 0 atom stereocenters. The summed E-state index contributed by atoms with van der Waals surface area (Å²) in [6.45, 7) is 2.18. The molecule has 0 unspecified atom stereocenters. The molecule has 0 spiro atoms. The molecule has 0 aliphatic carbocycles. The quantitative estimate of drug-likeness (QED) is 0.347. The van der Waals surface area contributed by atoms with Crippen molar-refractivity contribution in [3.05, 3.63) is 78.1 Å². The Hall–Kier alpha value is -3.87. The summed E-state index contributed by atoms with van der Waals surface area (Å²) in [5, 5.41) is 6.89. The predicted octanol–water partition coefficient (Wildman–Crippen LogP) is 3.69. The van der Waals surface area contributed by atoms with Crippen molar-refractivity contribution in [3.63, 3.8) is 0 Å². The van der Waals surface area contributed by atoms with E-state index >= 15 is 0 Å². The molecule has 2 aromatic carbocycles. The van der Waals surface area contributed by atoms with Crippen molar-refractivity contribution in [1.29, 1.82) is 0 Å². The standard InChI is InChI=1S/C22H21N3O4/c1-2-28-22(27)17-8-6-7-16(13-17)20-12-11-19(29-20)14-24-25-21(26)15-23-18-9-4-3-5-10-18/h3-14,23H,2,15H2,1H3,(H,25,26)/b24-14-. The molecule has 3 aromatic rings. The highest BCUT2D eigenvalue weighted by Gasteiger charge is 2.10. The van der Waals surface area contributed by atoms with Crippen molar-refractivity contribution in [2.75, 3.05) is 18.5 Å². The van der Waals surface area contributed by atoms with E-state index in [1.165, 1.54) is 6.21 Å². The maximum absolute atomic E-state index is 11.9. The minimum absolute atomic E-state index is 0.103. The van der Waals surface area contributed by atoms with Gasteiger partial charge < -0.3 is 14.5 Å². The molecule has 0 saturated carbocycles. The Kier molecular flexibility index (Phi) is 6.78. The summed E-state index contributed by atoms with van der Waals surface area (Å²) < 4.78 is 10.7. The molecule has 0 saturated heterocycles. The van der Waals surface area contributed by atoms with Crippen LogP contribution in [0.15, 0.2) is 76.2 Å². The van der Waals surface area contributed by atoms with Gasteiger partial charge in [-0.2, -0.15) is 5.10 Å².